The largest absolute Gasteiger partial charge is 0.497 e. The summed E-state index contributed by atoms with van der Waals surface area (Å²) in [6, 6.07) is 19.3. The molecule has 0 unspecified atom stereocenters. The van der Waals surface area contributed by atoms with E-state index in [-0.39, 0.29) is 11.5 Å². The standard InChI is InChI=1S/C25H24N4O3S/c1-32-18-6-4-5-17(15-18)28-11-13-29(14-12-28)25(31)23-10-9-19(33-23)16-22-20-7-2-3-8-21(20)24(30)27-26-22/h2-10,15H,11-14,16H2,1H3,(H,27,30). The monoisotopic (exact) mass is 460 g/mol. The highest BCUT2D eigenvalue weighted by atomic mass is 32.1. The van der Waals surface area contributed by atoms with Crippen molar-refractivity contribution < 1.29 is 9.53 Å². The van der Waals surface area contributed by atoms with Crippen LogP contribution >= 0.6 is 11.3 Å². The van der Waals surface area contributed by atoms with Crippen LogP contribution in [0.15, 0.2) is 65.5 Å². The number of H-pyrrole nitrogens is 1. The van der Waals surface area contributed by atoms with E-state index in [1.54, 1.807) is 13.2 Å². The topological polar surface area (TPSA) is 78.5 Å². The van der Waals surface area contributed by atoms with Crippen LogP contribution in [-0.4, -0.2) is 54.3 Å². The number of piperazine rings is 1. The van der Waals surface area contributed by atoms with Gasteiger partial charge in [0.15, 0.2) is 0 Å². The molecule has 1 aliphatic heterocycles. The number of carbonyl (C=O) groups is 1. The molecule has 1 saturated heterocycles. The van der Waals surface area contributed by atoms with Gasteiger partial charge in [-0.15, -0.1) is 11.3 Å². The Hall–Kier alpha value is -3.65. The third-order valence-corrected chi connectivity index (χ3v) is 7.05. The van der Waals surface area contributed by atoms with Crippen LogP contribution in [0.5, 0.6) is 5.75 Å². The molecule has 1 amide bonds. The van der Waals surface area contributed by atoms with E-state index in [0.717, 1.165) is 45.4 Å². The number of aromatic nitrogens is 2. The van der Waals surface area contributed by atoms with Crippen molar-refractivity contribution in [2.45, 2.75) is 6.42 Å². The van der Waals surface area contributed by atoms with Crippen molar-refractivity contribution in [3.8, 4) is 5.75 Å². The Bertz CT molecular complexity index is 1360. The van der Waals surface area contributed by atoms with E-state index in [4.69, 9.17) is 4.74 Å². The zero-order valence-corrected chi connectivity index (χ0v) is 19.1. The zero-order valence-electron chi connectivity index (χ0n) is 18.3. The van der Waals surface area contributed by atoms with Gasteiger partial charge in [-0.05, 0) is 30.3 Å². The summed E-state index contributed by atoms with van der Waals surface area (Å²) >= 11 is 1.49. The summed E-state index contributed by atoms with van der Waals surface area (Å²) in [7, 11) is 1.67. The summed E-state index contributed by atoms with van der Waals surface area (Å²) in [4.78, 5) is 31.1. The van der Waals surface area contributed by atoms with Crippen LogP contribution in [-0.2, 0) is 6.42 Å². The average molecular weight is 461 g/mol. The van der Waals surface area contributed by atoms with Crippen LogP contribution < -0.4 is 15.2 Å². The van der Waals surface area contributed by atoms with Gasteiger partial charge in [0.25, 0.3) is 11.5 Å². The number of anilines is 1. The quantitative estimate of drug-likeness (QED) is 0.493. The van der Waals surface area contributed by atoms with E-state index in [2.05, 4.69) is 21.2 Å². The van der Waals surface area contributed by atoms with E-state index in [9.17, 15) is 9.59 Å². The molecule has 0 aliphatic carbocycles. The minimum atomic E-state index is -0.190. The van der Waals surface area contributed by atoms with Crippen molar-refractivity contribution in [1.82, 2.24) is 15.1 Å². The maximum absolute atomic E-state index is 13.1. The molecule has 4 aromatic rings. The number of fused-ring (bicyclic) bond motifs is 1. The second-order valence-corrected chi connectivity index (χ2v) is 9.14. The van der Waals surface area contributed by atoms with Crippen molar-refractivity contribution in [2.24, 2.45) is 0 Å². The van der Waals surface area contributed by atoms with E-state index >= 15 is 0 Å². The number of thiophene rings is 1. The van der Waals surface area contributed by atoms with Crippen molar-refractivity contribution in [3.63, 3.8) is 0 Å². The predicted octanol–water partition coefficient (Wildman–Crippen LogP) is 3.55. The van der Waals surface area contributed by atoms with Crippen molar-refractivity contribution in [2.75, 3.05) is 38.2 Å². The number of aromatic amines is 1. The Morgan fingerprint density at radius 2 is 1.82 bits per heavy atom. The van der Waals surface area contributed by atoms with Crippen molar-refractivity contribution >= 4 is 33.7 Å². The first-order valence-electron chi connectivity index (χ1n) is 10.9. The Balaban J connectivity index is 1.26. The SMILES string of the molecule is COc1cccc(N2CCN(C(=O)c3ccc(Cc4n[nH]c(=O)c5ccccc45)s3)CC2)c1. The number of nitrogens with zero attached hydrogens (tertiary/aromatic N) is 3. The number of nitrogens with one attached hydrogen (secondary N) is 1. The molecular formula is C25H24N4O3S. The molecule has 1 fully saturated rings. The second-order valence-electron chi connectivity index (χ2n) is 7.97. The molecule has 168 valence electrons. The van der Waals surface area contributed by atoms with Gasteiger partial charge in [-0.3, -0.25) is 9.59 Å². The summed E-state index contributed by atoms with van der Waals surface area (Å²) in [5.41, 5.74) is 1.72. The summed E-state index contributed by atoms with van der Waals surface area (Å²) in [5, 5.41) is 8.31. The van der Waals surface area contributed by atoms with Gasteiger partial charge in [-0.2, -0.15) is 5.10 Å². The molecule has 2 aromatic carbocycles. The number of methoxy groups -OCH3 is 1. The highest BCUT2D eigenvalue weighted by molar-refractivity contribution is 7.14. The molecule has 2 aromatic heterocycles. The summed E-state index contributed by atoms with van der Waals surface area (Å²) < 4.78 is 5.33. The number of hydrogen-bond donors (Lipinski definition) is 1. The summed E-state index contributed by atoms with van der Waals surface area (Å²) in [6.45, 7) is 2.92. The molecule has 0 bridgehead atoms. The normalized spacial score (nSPS) is 14.0. The molecule has 0 spiro atoms. The molecule has 8 heteroatoms. The van der Waals surface area contributed by atoms with Gasteiger partial charge in [-0.1, -0.05) is 24.3 Å². The number of hydrogen-bond acceptors (Lipinski definition) is 6. The Labute approximate surface area is 195 Å². The first-order chi connectivity index (χ1) is 16.1. The maximum Gasteiger partial charge on any atom is 0.272 e. The van der Waals surface area contributed by atoms with Crippen LogP contribution in [0.4, 0.5) is 5.69 Å². The fourth-order valence-corrected chi connectivity index (χ4v) is 5.17. The number of carbonyl (C=O) groups excluding carboxylic acids is 1. The molecule has 7 nitrogen and oxygen atoms in total. The third-order valence-electron chi connectivity index (χ3n) is 5.97. The van der Waals surface area contributed by atoms with E-state index in [1.807, 2.05) is 53.4 Å². The number of benzene rings is 2. The van der Waals surface area contributed by atoms with Gasteiger partial charge in [0.05, 0.1) is 23.1 Å². The van der Waals surface area contributed by atoms with Crippen LogP contribution in [0, 0.1) is 0 Å². The van der Waals surface area contributed by atoms with Crippen LogP contribution in [0.2, 0.25) is 0 Å². The lowest BCUT2D eigenvalue weighted by Gasteiger charge is -2.36. The van der Waals surface area contributed by atoms with E-state index in [0.29, 0.717) is 24.9 Å². The molecule has 5 rings (SSSR count). The zero-order chi connectivity index (χ0) is 22.8. The fourth-order valence-electron chi connectivity index (χ4n) is 4.19. The van der Waals surface area contributed by atoms with Gasteiger partial charge in [0.1, 0.15) is 5.75 Å². The lowest BCUT2D eigenvalue weighted by molar-refractivity contribution is 0.0751. The highest BCUT2D eigenvalue weighted by Crippen LogP contribution is 2.25. The van der Waals surface area contributed by atoms with Crippen molar-refractivity contribution in [1.29, 1.82) is 0 Å². The molecular weight excluding hydrogens is 436 g/mol. The lowest BCUT2D eigenvalue weighted by atomic mass is 10.1. The minimum absolute atomic E-state index is 0.0656. The molecule has 0 atom stereocenters. The van der Waals surface area contributed by atoms with Gasteiger partial charge < -0.3 is 14.5 Å². The van der Waals surface area contributed by atoms with Crippen LogP contribution in [0.1, 0.15) is 20.2 Å². The van der Waals surface area contributed by atoms with Crippen LogP contribution in [0.25, 0.3) is 10.8 Å². The Morgan fingerprint density at radius 1 is 1.03 bits per heavy atom. The molecule has 1 aliphatic rings. The predicted molar refractivity (Wildman–Crippen MR) is 131 cm³/mol. The van der Waals surface area contributed by atoms with Gasteiger partial charge in [-0.25, -0.2) is 5.10 Å². The molecule has 3 heterocycles. The number of rotatable bonds is 5. The van der Waals surface area contributed by atoms with E-state index in [1.165, 1.54) is 11.3 Å². The Morgan fingerprint density at radius 3 is 2.61 bits per heavy atom. The molecule has 0 saturated carbocycles. The summed E-state index contributed by atoms with van der Waals surface area (Å²) in [6.07, 6.45) is 0.568. The first kappa shape index (κ1) is 21.2. The molecule has 33 heavy (non-hydrogen) atoms. The van der Waals surface area contributed by atoms with Gasteiger partial charge >= 0.3 is 0 Å². The smallest absolute Gasteiger partial charge is 0.272 e. The minimum Gasteiger partial charge on any atom is -0.497 e. The molecule has 1 N–H and O–H groups in total. The van der Waals surface area contributed by atoms with Gasteiger partial charge in [0, 0.05) is 54.6 Å². The maximum atomic E-state index is 13.1. The number of amides is 1. The third kappa shape index (κ3) is 4.34. The lowest BCUT2D eigenvalue weighted by Crippen LogP contribution is -2.48. The molecule has 0 radical (unpaired) electrons. The highest BCUT2D eigenvalue weighted by Gasteiger charge is 2.24. The van der Waals surface area contributed by atoms with E-state index < -0.39 is 0 Å². The second kappa shape index (κ2) is 9.07. The van der Waals surface area contributed by atoms with Crippen molar-refractivity contribution in [3.05, 3.63) is 86.5 Å². The first-order valence-corrected chi connectivity index (χ1v) is 11.7. The van der Waals surface area contributed by atoms with Crippen LogP contribution in [0.3, 0.4) is 0 Å². The number of ether oxygens (including phenoxy) is 1. The average Bonchev–Trinajstić information content (AvgIpc) is 3.34. The summed E-state index contributed by atoms with van der Waals surface area (Å²) in [5.74, 6) is 0.901. The van der Waals surface area contributed by atoms with Gasteiger partial charge in [0.2, 0.25) is 0 Å². The Kier molecular flexibility index (Phi) is 5.83. The fraction of sp³-hybridized carbons (Fsp3) is 0.240.